The van der Waals surface area contributed by atoms with Crippen LogP contribution in [0.15, 0.2) is 47.4 Å². The van der Waals surface area contributed by atoms with Gasteiger partial charge >= 0.3 is 6.18 Å². The molecule has 3 aromatic rings. The molecule has 0 radical (unpaired) electrons. The number of aromatic nitrogens is 2. The second-order valence-corrected chi connectivity index (χ2v) is 6.88. The molecule has 0 saturated carbocycles. The lowest BCUT2D eigenvalue weighted by molar-refractivity contribution is -0.141. The Balaban J connectivity index is 2.21. The second-order valence-electron chi connectivity index (χ2n) is 5.54. The SMILES string of the molecule is COc1ccc(-n2nc(C(F)(F)F)cc2-c2ccc(S(=O)O)c(F)c2)cc1Cl. The van der Waals surface area contributed by atoms with E-state index in [0.29, 0.717) is 5.75 Å². The molecule has 1 atom stereocenters. The lowest BCUT2D eigenvalue weighted by Gasteiger charge is -2.10. The van der Waals surface area contributed by atoms with Gasteiger partial charge in [0.2, 0.25) is 0 Å². The van der Waals surface area contributed by atoms with Gasteiger partial charge in [0.25, 0.3) is 0 Å². The average Bonchev–Trinajstić information content (AvgIpc) is 3.07. The topological polar surface area (TPSA) is 64.4 Å². The van der Waals surface area contributed by atoms with Crippen molar-refractivity contribution in [1.29, 1.82) is 0 Å². The van der Waals surface area contributed by atoms with Crippen LogP contribution in [-0.2, 0) is 17.3 Å². The third-order valence-corrected chi connectivity index (χ3v) is 4.80. The van der Waals surface area contributed by atoms with Crippen LogP contribution in [0.3, 0.4) is 0 Å². The van der Waals surface area contributed by atoms with Crippen LogP contribution in [0.2, 0.25) is 5.02 Å². The summed E-state index contributed by atoms with van der Waals surface area (Å²) >= 11 is 3.47. The van der Waals surface area contributed by atoms with E-state index in [1.54, 1.807) is 0 Å². The predicted molar refractivity (Wildman–Crippen MR) is 94.6 cm³/mol. The Morgan fingerprint density at radius 1 is 1.18 bits per heavy atom. The van der Waals surface area contributed by atoms with Crippen molar-refractivity contribution in [3.63, 3.8) is 0 Å². The summed E-state index contributed by atoms with van der Waals surface area (Å²) in [7, 11) is 1.39. The van der Waals surface area contributed by atoms with Crippen LogP contribution in [0.1, 0.15) is 5.69 Å². The molecular weight excluding hydrogens is 424 g/mol. The molecule has 28 heavy (non-hydrogen) atoms. The smallest absolute Gasteiger partial charge is 0.435 e. The molecule has 0 amide bonds. The Morgan fingerprint density at radius 2 is 1.89 bits per heavy atom. The molecule has 0 spiro atoms. The first kappa shape index (κ1) is 20.3. The van der Waals surface area contributed by atoms with Gasteiger partial charge in [-0.25, -0.2) is 13.3 Å². The van der Waals surface area contributed by atoms with E-state index < -0.39 is 33.7 Å². The van der Waals surface area contributed by atoms with E-state index in [2.05, 4.69) is 5.10 Å². The van der Waals surface area contributed by atoms with Crippen LogP contribution in [0, 0.1) is 5.82 Å². The van der Waals surface area contributed by atoms with Crippen molar-refractivity contribution in [3.05, 3.63) is 59.0 Å². The first-order valence-electron chi connectivity index (χ1n) is 7.53. The van der Waals surface area contributed by atoms with Gasteiger partial charge in [-0.1, -0.05) is 17.7 Å². The summed E-state index contributed by atoms with van der Waals surface area (Å²) in [6.07, 6.45) is -4.73. The molecule has 0 aliphatic rings. The van der Waals surface area contributed by atoms with Crippen LogP contribution in [0.5, 0.6) is 5.75 Å². The molecule has 1 heterocycles. The van der Waals surface area contributed by atoms with Gasteiger partial charge in [-0.3, -0.25) is 0 Å². The highest BCUT2D eigenvalue weighted by Crippen LogP contribution is 2.35. The number of benzene rings is 2. The molecule has 148 valence electrons. The van der Waals surface area contributed by atoms with Gasteiger partial charge in [0, 0.05) is 5.56 Å². The summed E-state index contributed by atoms with van der Waals surface area (Å²) < 4.78 is 79.7. The quantitative estimate of drug-likeness (QED) is 0.466. The maximum atomic E-state index is 14.1. The second kappa shape index (κ2) is 7.53. The Kier molecular flexibility index (Phi) is 5.46. The van der Waals surface area contributed by atoms with Gasteiger partial charge in [-0.15, -0.1) is 0 Å². The minimum absolute atomic E-state index is 0.0293. The van der Waals surface area contributed by atoms with Gasteiger partial charge in [0.05, 0.1) is 23.5 Å². The van der Waals surface area contributed by atoms with Crippen molar-refractivity contribution in [2.24, 2.45) is 0 Å². The standard InChI is InChI=1S/C17H11ClF4N2O3S/c1-27-14-4-3-10(7-11(14)18)24-13(8-16(23-24)17(20,21)22)9-2-5-15(28(25)26)12(19)6-9/h2-8H,1H3,(H,25,26). The maximum Gasteiger partial charge on any atom is 0.435 e. The Bertz CT molecular complexity index is 1070. The monoisotopic (exact) mass is 434 g/mol. The minimum atomic E-state index is -4.73. The summed E-state index contributed by atoms with van der Waals surface area (Å²) in [5.74, 6) is -0.719. The fraction of sp³-hybridized carbons (Fsp3) is 0.118. The van der Waals surface area contributed by atoms with E-state index in [0.717, 1.165) is 22.9 Å². The molecule has 1 aromatic heterocycles. The van der Waals surface area contributed by atoms with Crippen LogP contribution in [-0.4, -0.2) is 25.7 Å². The Hall–Kier alpha value is -2.43. The molecule has 1 unspecified atom stereocenters. The number of hydrogen-bond donors (Lipinski definition) is 1. The first-order chi connectivity index (χ1) is 13.1. The molecule has 2 aromatic carbocycles. The molecule has 0 aliphatic heterocycles. The zero-order valence-electron chi connectivity index (χ0n) is 14.0. The van der Waals surface area contributed by atoms with Gasteiger partial charge in [-0.2, -0.15) is 18.3 Å². The van der Waals surface area contributed by atoms with Crippen LogP contribution in [0.25, 0.3) is 16.9 Å². The van der Waals surface area contributed by atoms with Crippen molar-refractivity contribution < 1.29 is 31.1 Å². The summed E-state index contributed by atoms with van der Waals surface area (Å²) in [5, 5.41) is 3.72. The number of rotatable bonds is 4. The van der Waals surface area contributed by atoms with E-state index in [9.17, 15) is 21.8 Å². The highest BCUT2D eigenvalue weighted by atomic mass is 35.5. The predicted octanol–water partition coefficient (Wildman–Crippen LogP) is 4.94. The minimum Gasteiger partial charge on any atom is -0.495 e. The zero-order valence-corrected chi connectivity index (χ0v) is 15.6. The molecule has 0 bridgehead atoms. The number of nitrogens with zero attached hydrogens (tertiary/aromatic N) is 2. The van der Waals surface area contributed by atoms with Crippen molar-refractivity contribution in [2.75, 3.05) is 7.11 Å². The van der Waals surface area contributed by atoms with Gasteiger partial charge in [0.15, 0.2) is 16.8 Å². The van der Waals surface area contributed by atoms with Crippen molar-refractivity contribution in [1.82, 2.24) is 9.78 Å². The molecule has 0 saturated heterocycles. The Morgan fingerprint density at radius 3 is 2.43 bits per heavy atom. The van der Waals surface area contributed by atoms with E-state index in [4.69, 9.17) is 20.9 Å². The normalized spacial score (nSPS) is 12.8. The third kappa shape index (κ3) is 3.89. The summed E-state index contributed by atoms with van der Waals surface area (Å²) in [6.45, 7) is 0. The average molecular weight is 435 g/mol. The van der Waals surface area contributed by atoms with E-state index >= 15 is 0 Å². The maximum absolute atomic E-state index is 14.1. The molecular formula is C17H11ClF4N2O3S. The first-order valence-corrected chi connectivity index (χ1v) is 9.02. The fourth-order valence-electron chi connectivity index (χ4n) is 2.51. The highest BCUT2D eigenvalue weighted by Gasteiger charge is 2.35. The third-order valence-electron chi connectivity index (χ3n) is 3.80. The van der Waals surface area contributed by atoms with Gasteiger partial charge in [0.1, 0.15) is 16.5 Å². The highest BCUT2D eigenvalue weighted by molar-refractivity contribution is 7.79. The Labute approximate surface area is 163 Å². The molecule has 0 aliphatic carbocycles. The number of ether oxygens (including phenoxy) is 1. The van der Waals surface area contributed by atoms with Gasteiger partial charge in [-0.05, 0) is 36.4 Å². The molecule has 3 rings (SSSR count). The summed E-state index contributed by atoms with van der Waals surface area (Å²) in [5.41, 5.74) is -1.06. The van der Waals surface area contributed by atoms with Crippen LogP contribution >= 0.6 is 11.6 Å². The molecule has 0 fully saturated rings. The lowest BCUT2D eigenvalue weighted by atomic mass is 10.1. The van der Waals surface area contributed by atoms with Gasteiger partial charge < -0.3 is 9.29 Å². The molecule has 1 N–H and O–H groups in total. The largest absolute Gasteiger partial charge is 0.495 e. The van der Waals surface area contributed by atoms with Crippen molar-refractivity contribution in [2.45, 2.75) is 11.1 Å². The molecule has 11 heteroatoms. The van der Waals surface area contributed by atoms with E-state index in [1.807, 2.05) is 0 Å². The number of alkyl halides is 3. The van der Waals surface area contributed by atoms with E-state index in [1.165, 1.54) is 31.4 Å². The number of halogens is 5. The summed E-state index contributed by atoms with van der Waals surface area (Å²) in [4.78, 5) is -0.488. The lowest BCUT2D eigenvalue weighted by Crippen LogP contribution is -2.07. The zero-order chi connectivity index (χ0) is 20.6. The molecule has 5 nitrogen and oxygen atoms in total. The fourth-order valence-corrected chi connectivity index (χ4v) is 3.17. The van der Waals surface area contributed by atoms with Crippen LogP contribution in [0.4, 0.5) is 17.6 Å². The number of hydrogen-bond acceptors (Lipinski definition) is 3. The van der Waals surface area contributed by atoms with Crippen LogP contribution < -0.4 is 4.74 Å². The number of methoxy groups -OCH3 is 1. The summed E-state index contributed by atoms with van der Waals surface area (Å²) in [6, 6.07) is 8.11. The van der Waals surface area contributed by atoms with E-state index in [-0.39, 0.29) is 22.0 Å². The van der Waals surface area contributed by atoms with Crippen molar-refractivity contribution >= 4 is 22.7 Å². The van der Waals surface area contributed by atoms with Crippen molar-refractivity contribution in [3.8, 4) is 22.7 Å².